The number of carbonyl (C=O) groups is 1. The van der Waals surface area contributed by atoms with Gasteiger partial charge >= 0.3 is 0 Å². The summed E-state index contributed by atoms with van der Waals surface area (Å²) in [5.74, 6) is 0.0348. The Labute approximate surface area is 103 Å². The first-order chi connectivity index (χ1) is 8.58. The first-order valence-electron chi connectivity index (χ1n) is 5.50. The van der Waals surface area contributed by atoms with Crippen molar-refractivity contribution in [3.05, 3.63) is 29.0 Å². The second kappa shape index (κ2) is 3.60. The van der Waals surface area contributed by atoms with Gasteiger partial charge in [-0.25, -0.2) is 0 Å². The highest BCUT2D eigenvalue weighted by Crippen LogP contribution is 2.37. The van der Waals surface area contributed by atoms with Crippen LogP contribution in [0, 0.1) is 13.8 Å². The third kappa shape index (κ3) is 1.40. The molecule has 1 aliphatic rings. The number of hydrogen-bond acceptors (Lipinski definition) is 5. The van der Waals surface area contributed by atoms with E-state index in [1.807, 2.05) is 0 Å². The average molecular weight is 244 g/mol. The molecule has 0 unspecified atom stereocenters. The zero-order chi connectivity index (χ0) is 12.9. The van der Waals surface area contributed by atoms with Crippen molar-refractivity contribution >= 4 is 16.9 Å². The Hall–Kier alpha value is -2.30. The molecular formula is C13H10NO4-. The molecule has 0 spiro atoms. The van der Waals surface area contributed by atoms with E-state index in [-0.39, 0.29) is 12.4 Å². The van der Waals surface area contributed by atoms with Crippen LogP contribution >= 0.6 is 0 Å². The Balaban J connectivity index is 2.38. The van der Waals surface area contributed by atoms with Gasteiger partial charge in [-0.2, -0.15) is 0 Å². The average Bonchev–Trinajstić information content (AvgIpc) is 2.73. The van der Waals surface area contributed by atoms with Crippen molar-refractivity contribution in [1.82, 2.24) is 4.98 Å². The van der Waals surface area contributed by atoms with Gasteiger partial charge in [-0.05, 0) is 25.5 Å². The molecule has 1 aromatic heterocycles. The molecule has 0 amide bonds. The Morgan fingerprint density at radius 2 is 1.94 bits per heavy atom. The minimum atomic E-state index is -1.21. The molecule has 0 bridgehead atoms. The second-order valence-electron chi connectivity index (χ2n) is 4.21. The summed E-state index contributed by atoms with van der Waals surface area (Å²) < 4.78 is 10.6. The number of carboxylic acids is 1. The number of fused-ring (bicyclic) bond motifs is 2. The molecule has 3 rings (SSSR count). The highest BCUT2D eigenvalue weighted by atomic mass is 16.7. The van der Waals surface area contributed by atoms with Crippen molar-refractivity contribution in [2.75, 3.05) is 6.79 Å². The van der Waals surface area contributed by atoms with Crippen LogP contribution in [0.15, 0.2) is 12.1 Å². The summed E-state index contributed by atoms with van der Waals surface area (Å²) in [6, 6.07) is 3.52. The monoisotopic (exact) mass is 244 g/mol. The number of carboxylic acid groups (broad SMARTS) is 1. The van der Waals surface area contributed by atoms with E-state index in [0.29, 0.717) is 28.3 Å². The van der Waals surface area contributed by atoms with Crippen LogP contribution in [0.5, 0.6) is 11.5 Å². The van der Waals surface area contributed by atoms with Crippen LogP contribution in [-0.2, 0) is 0 Å². The van der Waals surface area contributed by atoms with Gasteiger partial charge in [-0.3, -0.25) is 4.98 Å². The third-order valence-corrected chi connectivity index (χ3v) is 3.12. The molecular weight excluding hydrogens is 234 g/mol. The van der Waals surface area contributed by atoms with Gasteiger partial charge in [0.1, 0.15) is 0 Å². The van der Waals surface area contributed by atoms with E-state index in [2.05, 4.69) is 4.98 Å². The summed E-state index contributed by atoms with van der Waals surface area (Å²) in [4.78, 5) is 15.4. The SMILES string of the molecule is Cc1nc2cc3c(cc2c(C)c1C(=O)[O-])OCO3. The fraction of sp³-hybridized carbons (Fsp3) is 0.231. The Morgan fingerprint density at radius 3 is 2.61 bits per heavy atom. The van der Waals surface area contributed by atoms with Crippen LogP contribution in [0.3, 0.4) is 0 Å². The maximum absolute atomic E-state index is 11.1. The number of hydrogen-bond donors (Lipinski definition) is 0. The fourth-order valence-corrected chi connectivity index (χ4v) is 2.27. The number of carbonyl (C=O) groups excluding carboxylic acids is 1. The molecule has 0 saturated carbocycles. The van der Waals surface area contributed by atoms with Crippen molar-refractivity contribution in [3.8, 4) is 11.5 Å². The maximum atomic E-state index is 11.1. The van der Waals surface area contributed by atoms with Gasteiger partial charge in [-0.1, -0.05) is 0 Å². The molecule has 5 nitrogen and oxygen atoms in total. The van der Waals surface area contributed by atoms with Crippen molar-refractivity contribution in [3.63, 3.8) is 0 Å². The number of ether oxygens (including phenoxy) is 2. The van der Waals surface area contributed by atoms with Crippen molar-refractivity contribution in [1.29, 1.82) is 0 Å². The molecule has 5 heteroatoms. The number of rotatable bonds is 1. The maximum Gasteiger partial charge on any atom is 0.231 e. The minimum absolute atomic E-state index is 0.140. The van der Waals surface area contributed by atoms with E-state index in [0.717, 1.165) is 5.39 Å². The predicted molar refractivity (Wildman–Crippen MR) is 61.7 cm³/mol. The summed E-state index contributed by atoms with van der Waals surface area (Å²) in [6.07, 6.45) is 0. The standard InChI is InChI=1S/C13H11NO4/c1-6-8-3-10-11(18-5-17-10)4-9(8)14-7(2)12(6)13(15)16/h3-4H,5H2,1-2H3,(H,15,16)/p-1. The van der Waals surface area contributed by atoms with E-state index in [4.69, 9.17) is 9.47 Å². The van der Waals surface area contributed by atoms with E-state index in [1.54, 1.807) is 26.0 Å². The number of pyridine rings is 1. The van der Waals surface area contributed by atoms with Crippen LogP contribution < -0.4 is 14.6 Å². The fourth-order valence-electron chi connectivity index (χ4n) is 2.27. The van der Waals surface area contributed by atoms with Gasteiger partial charge in [0.05, 0.1) is 11.5 Å². The molecule has 0 radical (unpaired) electrons. The Morgan fingerprint density at radius 1 is 1.28 bits per heavy atom. The van der Waals surface area contributed by atoms with Crippen molar-refractivity contribution in [2.24, 2.45) is 0 Å². The normalized spacial score (nSPS) is 13.0. The molecule has 2 heterocycles. The summed E-state index contributed by atoms with van der Waals surface area (Å²) in [7, 11) is 0. The lowest BCUT2D eigenvalue weighted by Crippen LogP contribution is -2.25. The van der Waals surface area contributed by atoms with Gasteiger partial charge in [0, 0.05) is 22.7 Å². The van der Waals surface area contributed by atoms with Gasteiger partial charge < -0.3 is 19.4 Å². The molecule has 0 fully saturated rings. The van der Waals surface area contributed by atoms with Gasteiger partial charge in [0.2, 0.25) is 6.79 Å². The lowest BCUT2D eigenvalue weighted by atomic mass is 10.0. The lowest BCUT2D eigenvalue weighted by molar-refractivity contribution is -0.255. The Bertz CT molecular complexity index is 678. The predicted octanol–water partition coefficient (Wildman–Crippen LogP) is 0.944. The second-order valence-corrected chi connectivity index (χ2v) is 4.21. The molecule has 0 N–H and O–H groups in total. The zero-order valence-corrected chi connectivity index (χ0v) is 9.94. The third-order valence-electron chi connectivity index (χ3n) is 3.12. The van der Waals surface area contributed by atoms with Crippen LogP contribution in [0.4, 0.5) is 0 Å². The number of nitrogens with zero attached hydrogens (tertiary/aromatic N) is 1. The van der Waals surface area contributed by atoms with Crippen LogP contribution in [-0.4, -0.2) is 17.7 Å². The molecule has 2 aromatic rings. The molecule has 0 atom stereocenters. The van der Waals surface area contributed by atoms with Crippen LogP contribution in [0.2, 0.25) is 0 Å². The molecule has 1 aliphatic heterocycles. The summed E-state index contributed by atoms with van der Waals surface area (Å²) >= 11 is 0. The van der Waals surface area contributed by atoms with Gasteiger partial charge in [-0.15, -0.1) is 0 Å². The van der Waals surface area contributed by atoms with Crippen LogP contribution in [0.25, 0.3) is 10.9 Å². The highest BCUT2D eigenvalue weighted by molar-refractivity contribution is 5.97. The number of benzene rings is 1. The largest absolute Gasteiger partial charge is 0.545 e. The van der Waals surface area contributed by atoms with Gasteiger partial charge in [0.15, 0.2) is 11.5 Å². The molecule has 18 heavy (non-hydrogen) atoms. The van der Waals surface area contributed by atoms with E-state index in [1.165, 1.54) is 0 Å². The lowest BCUT2D eigenvalue weighted by Gasteiger charge is -2.13. The minimum Gasteiger partial charge on any atom is -0.545 e. The molecule has 0 aliphatic carbocycles. The topological polar surface area (TPSA) is 71.5 Å². The number of aromatic carboxylic acids is 1. The first kappa shape index (κ1) is 10.8. The molecule has 1 aromatic carbocycles. The van der Waals surface area contributed by atoms with Crippen molar-refractivity contribution < 1.29 is 19.4 Å². The van der Waals surface area contributed by atoms with E-state index < -0.39 is 5.97 Å². The quantitative estimate of drug-likeness (QED) is 0.746. The number of aromatic nitrogens is 1. The van der Waals surface area contributed by atoms with E-state index in [9.17, 15) is 9.90 Å². The highest BCUT2D eigenvalue weighted by Gasteiger charge is 2.18. The van der Waals surface area contributed by atoms with Crippen LogP contribution in [0.1, 0.15) is 21.6 Å². The smallest absolute Gasteiger partial charge is 0.231 e. The first-order valence-corrected chi connectivity index (χ1v) is 5.50. The summed E-state index contributed by atoms with van der Waals surface area (Å²) in [6.45, 7) is 3.57. The summed E-state index contributed by atoms with van der Waals surface area (Å²) in [5.41, 5.74) is 1.91. The molecule has 92 valence electrons. The zero-order valence-electron chi connectivity index (χ0n) is 9.94. The summed E-state index contributed by atoms with van der Waals surface area (Å²) in [5, 5.41) is 11.9. The Kier molecular flexibility index (Phi) is 2.16. The van der Waals surface area contributed by atoms with Crippen molar-refractivity contribution in [2.45, 2.75) is 13.8 Å². The molecule has 0 saturated heterocycles. The van der Waals surface area contributed by atoms with Gasteiger partial charge in [0.25, 0.3) is 0 Å². The van der Waals surface area contributed by atoms with E-state index >= 15 is 0 Å². The number of aryl methyl sites for hydroxylation is 2.